The fourth-order valence-electron chi connectivity index (χ4n) is 3.04. The van der Waals surface area contributed by atoms with E-state index in [1.54, 1.807) is 19.1 Å². The first-order chi connectivity index (χ1) is 14.4. The summed E-state index contributed by atoms with van der Waals surface area (Å²) in [5.41, 5.74) is 0.0445. The van der Waals surface area contributed by atoms with Crippen molar-refractivity contribution in [2.75, 3.05) is 18.3 Å². The average molecular weight is 475 g/mol. The Balaban J connectivity index is 1.75. The van der Waals surface area contributed by atoms with Crippen molar-refractivity contribution < 1.29 is 33.7 Å². The monoisotopic (exact) mass is 474 g/mol. The number of phenols is 1. The van der Waals surface area contributed by atoms with Gasteiger partial charge in [0.25, 0.3) is 11.8 Å². The highest BCUT2D eigenvalue weighted by Crippen LogP contribution is 2.38. The first-order valence-electron chi connectivity index (χ1n) is 8.85. The number of rotatable bonds is 4. The second kappa shape index (κ2) is 7.71. The van der Waals surface area contributed by atoms with Gasteiger partial charge in [0.05, 0.1) is 12.3 Å². The third-order valence-corrected chi connectivity index (χ3v) is 4.84. The number of aromatic hydroxyl groups is 1. The maximum Gasteiger partial charge on any atom is 0.335 e. The number of carbonyl (C=O) groups is 3. The van der Waals surface area contributed by atoms with Crippen molar-refractivity contribution in [3.63, 3.8) is 0 Å². The van der Waals surface area contributed by atoms with E-state index in [1.807, 2.05) is 0 Å². The van der Waals surface area contributed by atoms with Crippen LogP contribution in [0.4, 0.5) is 10.5 Å². The van der Waals surface area contributed by atoms with Gasteiger partial charge >= 0.3 is 6.03 Å². The number of barbiturate groups is 1. The number of phenolic OH excluding ortho intramolecular Hbond substituents is 1. The van der Waals surface area contributed by atoms with Crippen molar-refractivity contribution in [3.8, 4) is 23.0 Å². The topological polar surface area (TPSA) is 114 Å². The van der Waals surface area contributed by atoms with Crippen molar-refractivity contribution in [1.29, 1.82) is 0 Å². The number of hydrogen-bond acceptors (Lipinski definition) is 7. The Bertz CT molecular complexity index is 1110. The van der Waals surface area contributed by atoms with Gasteiger partial charge in [-0.2, -0.15) is 0 Å². The van der Waals surface area contributed by atoms with E-state index in [1.165, 1.54) is 24.3 Å². The molecule has 1 fully saturated rings. The van der Waals surface area contributed by atoms with Gasteiger partial charge in [0, 0.05) is 16.1 Å². The number of hydrogen-bond donors (Lipinski definition) is 2. The predicted octanol–water partition coefficient (Wildman–Crippen LogP) is 2.95. The lowest BCUT2D eigenvalue weighted by molar-refractivity contribution is -0.122. The molecule has 0 spiro atoms. The molecule has 2 aromatic rings. The maximum absolute atomic E-state index is 13.0. The number of amides is 4. The fraction of sp³-hybridized carbons (Fsp3) is 0.150. The van der Waals surface area contributed by atoms with Gasteiger partial charge in [-0.25, -0.2) is 9.69 Å². The molecule has 4 rings (SSSR count). The number of carbonyl (C=O) groups excluding carboxylic acids is 3. The van der Waals surface area contributed by atoms with Crippen LogP contribution in [0.1, 0.15) is 12.5 Å². The number of anilines is 1. The van der Waals surface area contributed by atoms with Crippen molar-refractivity contribution in [2.45, 2.75) is 6.92 Å². The van der Waals surface area contributed by atoms with Gasteiger partial charge in [-0.15, -0.1) is 0 Å². The SMILES string of the molecule is CCOc1cc(Br)cc(/C=C2\C(=O)NC(=O)N(c3ccc4c(c3)OCO4)C2=O)c1O. The van der Waals surface area contributed by atoms with Crippen LogP contribution < -0.4 is 24.4 Å². The van der Waals surface area contributed by atoms with Crippen LogP contribution in [-0.4, -0.2) is 36.4 Å². The van der Waals surface area contributed by atoms with Gasteiger partial charge < -0.3 is 19.3 Å². The zero-order valence-electron chi connectivity index (χ0n) is 15.6. The molecule has 2 aromatic carbocycles. The molecule has 1 saturated heterocycles. The molecule has 4 amide bonds. The lowest BCUT2D eigenvalue weighted by Gasteiger charge is -2.26. The van der Waals surface area contributed by atoms with Gasteiger partial charge in [0.15, 0.2) is 23.0 Å². The lowest BCUT2D eigenvalue weighted by Crippen LogP contribution is -2.54. The van der Waals surface area contributed by atoms with Crippen LogP contribution in [0.2, 0.25) is 0 Å². The highest BCUT2D eigenvalue weighted by atomic mass is 79.9. The Labute approximate surface area is 179 Å². The Hall–Kier alpha value is -3.53. The standard InChI is InChI=1S/C20H15BrN2O7/c1-2-28-16-7-11(21)5-10(17(16)24)6-13-18(25)22-20(27)23(19(13)26)12-3-4-14-15(8-12)30-9-29-14/h3-8,24H,2,9H2,1H3,(H,22,25,27)/b13-6+. The number of imide groups is 2. The van der Waals surface area contributed by atoms with Crippen LogP contribution in [0.15, 0.2) is 40.4 Å². The predicted molar refractivity (Wildman–Crippen MR) is 109 cm³/mol. The molecular weight excluding hydrogens is 460 g/mol. The van der Waals surface area contributed by atoms with Crippen molar-refractivity contribution in [1.82, 2.24) is 5.32 Å². The van der Waals surface area contributed by atoms with E-state index in [0.717, 1.165) is 4.90 Å². The first kappa shape index (κ1) is 19.8. The Kier molecular flexibility index (Phi) is 5.08. The van der Waals surface area contributed by atoms with Crippen LogP contribution >= 0.6 is 15.9 Å². The van der Waals surface area contributed by atoms with Gasteiger partial charge in [-0.05, 0) is 37.3 Å². The molecule has 2 aliphatic rings. The van der Waals surface area contributed by atoms with E-state index < -0.39 is 17.8 Å². The summed E-state index contributed by atoms with van der Waals surface area (Å²) in [5.74, 6) is -0.912. The van der Waals surface area contributed by atoms with Gasteiger partial charge in [0.2, 0.25) is 6.79 Å². The fourth-order valence-corrected chi connectivity index (χ4v) is 3.50. The third kappa shape index (κ3) is 3.45. The number of nitrogens with zero attached hydrogens (tertiary/aromatic N) is 1. The highest BCUT2D eigenvalue weighted by molar-refractivity contribution is 9.10. The molecule has 0 saturated carbocycles. The molecule has 0 bridgehead atoms. The van der Waals surface area contributed by atoms with Crippen molar-refractivity contribution in [2.24, 2.45) is 0 Å². The minimum Gasteiger partial charge on any atom is -0.504 e. The summed E-state index contributed by atoms with van der Waals surface area (Å²) in [6, 6.07) is 6.72. The summed E-state index contributed by atoms with van der Waals surface area (Å²) in [6.07, 6.45) is 1.20. The molecule has 30 heavy (non-hydrogen) atoms. The van der Waals surface area contributed by atoms with Crippen LogP contribution in [0.5, 0.6) is 23.0 Å². The third-order valence-electron chi connectivity index (χ3n) is 4.38. The summed E-state index contributed by atoms with van der Waals surface area (Å²) < 4.78 is 16.5. The smallest absolute Gasteiger partial charge is 0.335 e. The second-order valence-electron chi connectivity index (χ2n) is 6.27. The van der Waals surface area contributed by atoms with E-state index in [4.69, 9.17) is 14.2 Å². The number of ether oxygens (including phenoxy) is 3. The molecule has 2 N–H and O–H groups in total. The Morgan fingerprint density at radius 2 is 1.97 bits per heavy atom. The lowest BCUT2D eigenvalue weighted by atomic mass is 10.1. The molecule has 2 heterocycles. The van der Waals surface area contributed by atoms with Gasteiger partial charge in [-0.3, -0.25) is 14.9 Å². The van der Waals surface area contributed by atoms with E-state index in [9.17, 15) is 19.5 Å². The number of halogens is 1. The summed E-state index contributed by atoms with van der Waals surface area (Å²) in [7, 11) is 0. The zero-order valence-corrected chi connectivity index (χ0v) is 17.2. The molecule has 9 nitrogen and oxygen atoms in total. The maximum atomic E-state index is 13.0. The first-order valence-corrected chi connectivity index (χ1v) is 9.64. The minimum absolute atomic E-state index is 0.0346. The normalized spacial score (nSPS) is 16.8. The van der Waals surface area contributed by atoms with E-state index in [0.29, 0.717) is 22.6 Å². The van der Waals surface area contributed by atoms with E-state index in [-0.39, 0.29) is 35.1 Å². The molecule has 0 unspecified atom stereocenters. The van der Waals surface area contributed by atoms with E-state index >= 15 is 0 Å². The summed E-state index contributed by atoms with van der Waals surface area (Å²) in [4.78, 5) is 38.6. The number of nitrogens with one attached hydrogen (secondary N) is 1. The molecule has 0 atom stereocenters. The summed E-state index contributed by atoms with van der Waals surface area (Å²) in [5, 5.41) is 12.6. The van der Waals surface area contributed by atoms with Crippen molar-refractivity contribution >= 4 is 45.5 Å². The zero-order chi connectivity index (χ0) is 21.4. The average Bonchev–Trinajstić information content (AvgIpc) is 3.16. The summed E-state index contributed by atoms with van der Waals surface area (Å²) in [6.45, 7) is 2.10. The Morgan fingerprint density at radius 3 is 2.73 bits per heavy atom. The highest BCUT2D eigenvalue weighted by Gasteiger charge is 2.37. The Morgan fingerprint density at radius 1 is 1.20 bits per heavy atom. The van der Waals surface area contributed by atoms with E-state index in [2.05, 4.69) is 21.2 Å². The number of fused-ring (bicyclic) bond motifs is 1. The molecule has 154 valence electrons. The van der Waals surface area contributed by atoms with Crippen molar-refractivity contribution in [3.05, 3.63) is 45.9 Å². The van der Waals surface area contributed by atoms with Crippen LogP contribution in [0.25, 0.3) is 6.08 Å². The van der Waals surface area contributed by atoms with Crippen LogP contribution in [0, 0.1) is 0 Å². The molecule has 0 aromatic heterocycles. The summed E-state index contributed by atoms with van der Waals surface area (Å²) >= 11 is 3.30. The number of urea groups is 1. The van der Waals surface area contributed by atoms with Gasteiger partial charge in [-0.1, -0.05) is 15.9 Å². The molecule has 10 heteroatoms. The molecular formula is C20H15BrN2O7. The molecule has 2 aliphatic heterocycles. The van der Waals surface area contributed by atoms with Crippen LogP contribution in [0.3, 0.4) is 0 Å². The largest absolute Gasteiger partial charge is 0.504 e. The van der Waals surface area contributed by atoms with Gasteiger partial charge in [0.1, 0.15) is 5.57 Å². The quantitative estimate of drug-likeness (QED) is 0.516. The molecule has 0 radical (unpaired) electrons. The minimum atomic E-state index is -0.894. The molecule has 0 aliphatic carbocycles. The van der Waals surface area contributed by atoms with Crippen LogP contribution in [-0.2, 0) is 9.59 Å². The number of benzene rings is 2. The second-order valence-corrected chi connectivity index (χ2v) is 7.19.